The van der Waals surface area contributed by atoms with Gasteiger partial charge in [0.25, 0.3) is 0 Å². The molecule has 0 heterocycles. The molecule has 0 bridgehead atoms. The van der Waals surface area contributed by atoms with E-state index >= 15 is 0 Å². The minimum atomic E-state index is -0.663. The summed E-state index contributed by atoms with van der Waals surface area (Å²) in [6.45, 7) is 8.48. The second kappa shape index (κ2) is 27.2. The van der Waals surface area contributed by atoms with Gasteiger partial charge in [0.2, 0.25) is 0 Å². The van der Waals surface area contributed by atoms with Crippen molar-refractivity contribution in [2.45, 2.75) is 89.3 Å². The van der Waals surface area contributed by atoms with Crippen molar-refractivity contribution < 1.29 is 66.7 Å². The topological polar surface area (TPSA) is 176 Å². The van der Waals surface area contributed by atoms with Crippen LogP contribution in [-0.2, 0) is 28.5 Å². The molecule has 0 radical (unpaired) electrons. The molecule has 1 aliphatic rings. The maximum atomic E-state index is 13.2. The fraction of sp³-hybridized carbons (Fsp3) is 0.346. The first-order valence-electron chi connectivity index (χ1n) is 22.2. The average Bonchev–Trinajstić information content (AvgIpc) is 3.34. The highest BCUT2D eigenvalue weighted by molar-refractivity contribution is 5.93. The zero-order valence-corrected chi connectivity index (χ0v) is 37.0. The highest BCUT2D eigenvalue weighted by Crippen LogP contribution is 2.27. The van der Waals surface area contributed by atoms with Crippen LogP contribution in [0.4, 0.5) is 0 Å². The monoisotopic (exact) mass is 904 g/mol. The smallest absolute Gasteiger partial charge is 0.343 e. The zero-order chi connectivity index (χ0) is 46.9. The summed E-state index contributed by atoms with van der Waals surface area (Å²) in [4.78, 5) is 74.1. The van der Waals surface area contributed by atoms with Gasteiger partial charge in [-0.15, -0.1) is 0 Å². The SMILES string of the molecule is C=CC(=O)OCCCCCCOc1ccc(C(=O)Oc2ccc(C(=O)O[C@@H]3CCCC[C@H]3OC(=O)c3ccc(OC(=O)c4ccc(OCCCCCCOC(=O)C=C)cc4)cc3)cc2)cc1. The van der Waals surface area contributed by atoms with Crippen LogP contribution in [0.25, 0.3) is 0 Å². The van der Waals surface area contributed by atoms with Gasteiger partial charge in [0.1, 0.15) is 35.2 Å². The Balaban J connectivity index is 1.000. The summed E-state index contributed by atoms with van der Waals surface area (Å²) in [5.41, 5.74) is 1.13. The Kier molecular flexibility index (Phi) is 20.5. The number of esters is 6. The second-order valence-corrected chi connectivity index (χ2v) is 15.3. The van der Waals surface area contributed by atoms with Crippen molar-refractivity contribution in [3.8, 4) is 23.0 Å². The van der Waals surface area contributed by atoms with E-state index in [-0.39, 0.29) is 22.6 Å². The highest BCUT2D eigenvalue weighted by Gasteiger charge is 2.32. The molecule has 2 atom stereocenters. The summed E-state index contributed by atoms with van der Waals surface area (Å²) >= 11 is 0. The molecular formula is C52H56O14. The summed E-state index contributed by atoms with van der Waals surface area (Å²) in [7, 11) is 0. The van der Waals surface area contributed by atoms with Crippen molar-refractivity contribution in [2.75, 3.05) is 26.4 Å². The summed E-state index contributed by atoms with van der Waals surface area (Å²) < 4.78 is 44.1. The fourth-order valence-corrected chi connectivity index (χ4v) is 6.73. The predicted octanol–water partition coefficient (Wildman–Crippen LogP) is 9.79. The number of carbonyl (C=O) groups excluding carboxylic acids is 6. The van der Waals surface area contributed by atoms with Gasteiger partial charge < -0.3 is 37.9 Å². The van der Waals surface area contributed by atoms with Crippen molar-refractivity contribution >= 4 is 35.8 Å². The van der Waals surface area contributed by atoms with Crippen LogP contribution in [0.5, 0.6) is 23.0 Å². The Labute approximate surface area is 384 Å². The van der Waals surface area contributed by atoms with E-state index in [1.807, 2.05) is 0 Å². The first-order chi connectivity index (χ1) is 32.1. The number of unbranched alkanes of at least 4 members (excludes halogenated alkanes) is 6. The average molecular weight is 905 g/mol. The van der Waals surface area contributed by atoms with E-state index in [0.29, 0.717) is 61.9 Å². The van der Waals surface area contributed by atoms with Crippen molar-refractivity contribution in [1.82, 2.24) is 0 Å². The van der Waals surface area contributed by atoms with Crippen LogP contribution in [0.3, 0.4) is 0 Å². The lowest BCUT2D eigenvalue weighted by Crippen LogP contribution is -2.37. The van der Waals surface area contributed by atoms with Gasteiger partial charge >= 0.3 is 35.8 Å². The molecule has 66 heavy (non-hydrogen) atoms. The van der Waals surface area contributed by atoms with Crippen LogP contribution in [0.2, 0.25) is 0 Å². The van der Waals surface area contributed by atoms with Crippen LogP contribution >= 0.6 is 0 Å². The third kappa shape index (κ3) is 17.1. The van der Waals surface area contributed by atoms with E-state index in [4.69, 9.17) is 37.9 Å². The Morgan fingerprint density at radius 1 is 0.409 bits per heavy atom. The van der Waals surface area contributed by atoms with Crippen LogP contribution < -0.4 is 18.9 Å². The standard InChI is InChI=1S/C52H56O14/c1-3-47(53)61-35-13-7-5-11-33-59-41-25-17-37(18-26-41)49(55)63-43-29-21-39(22-30-43)51(57)65-45-15-9-10-16-46(45)66-52(58)40-23-31-44(32-24-40)64-50(56)38-19-27-42(28-20-38)60-34-12-6-8-14-36-62-48(54)4-2/h3-4,17-32,45-46H,1-2,5-16,33-36H2/t45-,46-/m1/s1. The van der Waals surface area contributed by atoms with E-state index < -0.39 is 48.0 Å². The number of hydrogen-bond donors (Lipinski definition) is 0. The summed E-state index contributed by atoms with van der Waals surface area (Å²) in [5.74, 6) is -1.48. The quantitative estimate of drug-likeness (QED) is 0.0191. The van der Waals surface area contributed by atoms with Crippen molar-refractivity contribution in [2.24, 2.45) is 0 Å². The maximum Gasteiger partial charge on any atom is 0.343 e. The third-order valence-electron chi connectivity index (χ3n) is 10.4. The van der Waals surface area contributed by atoms with E-state index in [0.717, 1.165) is 76.4 Å². The Bertz CT molecular complexity index is 2050. The van der Waals surface area contributed by atoms with E-state index in [1.54, 1.807) is 48.5 Å². The zero-order valence-electron chi connectivity index (χ0n) is 37.0. The van der Waals surface area contributed by atoms with Gasteiger partial charge in [0.15, 0.2) is 0 Å². The predicted molar refractivity (Wildman–Crippen MR) is 243 cm³/mol. The lowest BCUT2D eigenvalue weighted by molar-refractivity contribution is -0.138. The molecule has 0 saturated heterocycles. The summed E-state index contributed by atoms with van der Waals surface area (Å²) in [6, 6.07) is 25.2. The molecule has 0 amide bonds. The minimum Gasteiger partial charge on any atom is -0.494 e. The van der Waals surface area contributed by atoms with E-state index in [1.165, 1.54) is 48.5 Å². The lowest BCUT2D eigenvalue weighted by Gasteiger charge is -2.30. The van der Waals surface area contributed by atoms with E-state index in [9.17, 15) is 28.8 Å². The van der Waals surface area contributed by atoms with Gasteiger partial charge in [0.05, 0.1) is 48.7 Å². The molecule has 1 fully saturated rings. The molecule has 1 saturated carbocycles. The Morgan fingerprint density at radius 2 is 0.712 bits per heavy atom. The highest BCUT2D eigenvalue weighted by atomic mass is 16.6. The van der Waals surface area contributed by atoms with Crippen LogP contribution in [0, 0.1) is 0 Å². The number of benzene rings is 4. The molecule has 0 aromatic heterocycles. The number of hydrogen-bond acceptors (Lipinski definition) is 14. The fourth-order valence-electron chi connectivity index (χ4n) is 6.73. The largest absolute Gasteiger partial charge is 0.494 e. The third-order valence-corrected chi connectivity index (χ3v) is 10.4. The number of rotatable bonds is 26. The maximum absolute atomic E-state index is 13.2. The molecular weight excluding hydrogens is 849 g/mol. The molecule has 4 aromatic rings. The Hall–Kier alpha value is -7.22. The second-order valence-electron chi connectivity index (χ2n) is 15.3. The van der Waals surface area contributed by atoms with Gasteiger partial charge in [-0.2, -0.15) is 0 Å². The van der Waals surface area contributed by atoms with Crippen molar-refractivity contribution in [3.63, 3.8) is 0 Å². The van der Waals surface area contributed by atoms with Crippen molar-refractivity contribution in [3.05, 3.63) is 145 Å². The molecule has 0 unspecified atom stereocenters. The van der Waals surface area contributed by atoms with Gasteiger partial charge in [-0.25, -0.2) is 28.8 Å². The summed E-state index contributed by atoms with van der Waals surface area (Å²) in [6.07, 6.45) is 10.4. The van der Waals surface area contributed by atoms with Crippen LogP contribution in [0.15, 0.2) is 122 Å². The normalized spacial score (nSPS) is 14.1. The first-order valence-corrected chi connectivity index (χ1v) is 22.2. The molecule has 0 aliphatic heterocycles. The molecule has 14 nitrogen and oxygen atoms in total. The molecule has 5 rings (SSSR count). The van der Waals surface area contributed by atoms with Gasteiger partial charge in [-0.05, 0) is 174 Å². The molecule has 0 spiro atoms. The first kappa shape index (κ1) is 49.8. The number of ether oxygens (including phenoxy) is 8. The number of carbonyl (C=O) groups is 6. The van der Waals surface area contributed by atoms with Gasteiger partial charge in [0, 0.05) is 12.2 Å². The van der Waals surface area contributed by atoms with Crippen molar-refractivity contribution in [1.29, 1.82) is 0 Å². The minimum absolute atomic E-state index is 0.239. The van der Waals surface area contributed by atoms with Gasteiger partial charge in [-0.1, -0.05) is 13.2 Å². The molecule has 4 aromatic carbocycles. The summed E-state index contributed by atoms with van der Waals surface area (Å²) in [5, 5.41) is 0. The van der Waals surface area contributed by atoms with E-state index in [2.05, 4.69) is 13.2 Å². The Morgan fingerprint density at radius 3 is 1.05 bits per heavy atom. The molecule has 0 N–H and O–H groups in total. The lowest BCUT2D eigenvalue weighted by atomic mass is 9.94. The van der Waals surface area contributed by atoms with Crippen LogP contribution in [-0.4, -0.2) is 74.5 Å². The van der Waals surface area contributed by atoms with Crippen LogP contribution in [0.1, 0.15) is 118 Å². The molecule has 348 valence electrons. The molecule has 14 heteroatoms. The molecule has 1 aliphatic carbocycles. The van der Waals surface area contributed by atoms with Gasteiger partial charge in [-0.3, -0.25) is 0 Å².